The maximum Gasteiger partial charge on any atom is 0.145 e. The number of para-hydroxylation sites is 1. The molecule has 2 bridgehead atoms. The van der Waals surface area contributed by atoms with Crippen LogP contribution in [0.5, 0.6) is 5.75 Å². The summed E-state index contributed by atoms with van der Waals surface area (Å²) in [6, 6.07) is 49.0. The van der Waals surface area contributed by atoms with Crippen LogP contribution in [0.25, 0.3) is 50.6 Å². The molecule has 0 amide bonds. The van der Waals surface area contributed by atoms with Crippen LogP contribution in [0.15, 0.2) is 133 Å². The molecule has 62 heavy (non-hydrogen) atoms. The number of hydrogen-bond acceptors (Lipinski definition) is 3. The molecule has 3 aliphatic carbocycles. The number of phenols is 1. The highest BCUT2D eigenvalue weighted by atomic mass is 16.3. The number of rotatable bonds is 6. The number of benzene rings is 6. The average molecular weight is 812 g/mol. The number of phenolic OH excluding ortho intramolecular Hbond substituents is 1. The number of pyridine rings is 1. The Bertz CT molecular complexity index is 3000. The van der Waals surface area contributed by atoms with Gasteiger partial charge in [-0.15, -0.1) is 0 Å². The highest BCUT2D eigenvalue weighted by Crippen LogP contribution is 2.56. The van der Waals surface area contributed by atoms with E-state index in [1.54, 1.807) is 0 Å². The van der Waals surface area contributed by atoms with Gasteiger partial charge in [0.25, 0.3) is 0 Å². The molecule has 1 N–H and O–H groups in total. The standard InChI is InChI=1S/C58H57N3O/c1-33(2)38-24-16-25-39(34(3)4)54(38)61-51-32-45-44(52-40-20-11-13-22-42(40)53(45)43-23-14-12-21-41(43)52)31-50(51)60-56(61)36-19-15-18-35(28-36)48-26-17-27-49(59-48)46-29-37(57(5,6)7)30-47(55(46)62)58(8,9)10/h11-34,52-53,62H,1-10H3. The van der Waals surface area contributed by atoms with Crippen LogP contribution in [-0.2, 0) is 10.8 Å². The van der Waals surface area contributed by atoms with Crippen molar-refractivity contribution in [3.63, 3.8) is 0 Å². The second-order valence-corrected chi connectivity index (χ2v) is 20.4. The minimum absolute atomic E-state index is 0.101. The fraction of sp³-hybridized carbons (Fsp3) is 0.276. The van der Waals surface area contributed by atoms with Crippen molar-refractivity contribution in [1.29, 1.82) is 0 Å². The summed E-state index contributed by atoms with van der Waals surface area (Å²) >= 11 is 0. The van der Waals surface area contributed by atoms with Crippen LogP contribution in [-0.4, -0.2) is 19.6 Å². The van der Waals surface area contributed by atoms with Crippen LogP contribution in [0.2, 0.25) is 0 Å². The summed E-state index contributed by atoms with van der Waals surface area (Å²) in [5, 5.41) is 11.8. The Morgan fingerprint density at radius 2 is 1.05 bits per heavy atom. The second kappa shape index (κ2) is 14.4. The van der Waals surface area contributed by atoms with Gasteiger partial charge in [-0.2, -0.15) is 0 Å². The zero-order chi connectivity index (χ0) is 43.4. The van der Waals surface area contributed by atoms with Crippen molar-refractivity contribution in [2.45, 2.75) is 104 Å². The van der Waals surface area contributed by atoms with Gasteiger partial charge >= 0.3 is 0 Å². The van der Waals surface area contributed by atoms with Gasteiger partial charge in [-0.05, 0) is 109 Å². The quantitative estimate of drug-likeness (QED) is 0.182. The maximum atomic E-state index is 11.8. The van der Waals surface area contributed by atoms with Gasteiger partial charge < -0.3 is 5.11 Å². The summed E-state index contributed by atoms with van der Waals surface area (Å²) in [4.78, 5) is 10.9. The van der Waals surface area contributed by atoms with E-state index in [-0.39, 0.29) is 22.7 Å². The van der Waals surface area contributed by atoms with E-state index in [0.29, 0.717) is 17.6 Å². The fourth-order valence-corrected chi connectivity index (χ4v) is 10.3. The Morgan fingerprint density at radius 1 is 0.516 bits per heavy atom. The zero-order valence-electron chi connectivity index (χ0n) is 37.8. The molecule has 4 nitrogen and oxygen atoms in total. The van der Waals surface area contributed by atoms with Gasteiger partial charge in [-0.1, -0.05) is 166 Å². The van der Waals surface area contributed by atoms with Crippen molar-refractivity contribution in [2.24, 2.45) is 0 Å². The molecule has 2 aromatic heterocycles. The topological polar surface area (TPSA) is 50.9 Å². The molecular weight excluding hydrogens is 755 g/mol. The molecule has 8 aromatic rings. The van der Waals surface area contributed by atoms with Crippen molar-refractivity contribution >= 4 is 11.0 Å². The molecular formula is C58H57N3O. The van der Waals surface area contributed by atoms with Gasteiger partial charge in [-0.3, -0.25) is 4.57 Å². The number of imidazole rings is 1. The largest absolute Gasteiger partial charge is 0.507 e. The van der Waals surface area contributed by atoms with Crippen molar-refractivity contribution in [1.82, 2.24) is 14.5 Å². The molecule has 0 unspecified atom stereocenters. The Labute approximate surface area is 367 Å². The predicted octanol–water partition coefficient (Wildman–Crippen LogP) is 15.0. The van der Waals surface area contributed by atoms with E-state index in [2.05, 4.69) is 201 Å². The molecule has 2 heterocycles. The van der Waals surface area contributed by atoms with Gasteiger partial charge in [-0.25, -0.2) is 9.97 Å². The third kappa shape index (κ3) is 6.32. The second-order valence-electron chi connectivity index (χ2n) is 20.4. The number of hydrogen-bond donors (Lipinski definition) is 1. The molecule has 0 aliphatic heterocycles. The maximum absolute atomic E-state index is 11.8. The molecule has 3 aliphatic rings. The minimum Gasteiger partial charge on any atom is -0.507 e. The third-order valence-corrected chi connectivity index (χ3v) is 13.5. The minimum atomic E-state index is -0.242. The van der Waals surface area contributed by atoms with Crippen LogP contribution in [0, 0.1) is 0 Å². The normalized spacial score (nSPS) is 15.6. The van der Waals surface area contributed by atoms with Crippen molar-refractivity contribution < 1.29 is 5.11 Å². The molecule has 0 saturated heterocycles. The first-order valence-electron chi connectivity index (χ1n) is 22.4. The third-order valence-electron chi connectivity index (χ3n) is 13.5. The lowest BCUT2D eigenvalue weighted by molar-refractivity contribution is 0.446. The number of aromatic nitrogens is 3. The van der Waals surface area contributed by atoms with Crippen LogP contribution in [0.4, 0.5) is 0 Å². The zero-order valence-corrected chi connectivity index (χ0v) is 37.8. The molecule has 0 spiro atoms. The van der Waals surface area contributed by atoms with Crippen LogP contribution in [0.3, 0.4) is 0 Å². The van der Waals surface area contributed by atoms with Gasteiger partial charge in [0, 0.05) is 34.1 Å². The number of aromatic hydroxyl groups is 1. The molecule has 310 valence electrons. The Kier molecular flexibility index (Phi) is 9.26. The van der Waals surface area contributed by atoms with Gasteiger partial charge in [0.1, 0.15) is 11.6 Å². The van der Waals surface area contributed by atoms with Crippen LogP contribution < -0.4 is 0 Å². The lowest BCUT2D eigenvalue weighted by Crippen LogP contribution is -2.27. The number of nitrogens with zero attached hydrogens (tertiary/aromatic N) is 3. The van der Waals surface area contributed by atoms with E-state index in [4.69, 9.17) is 9.97 Å². The van der Waals surface area contributed by atoms with Gasteiger partial charge in [0.2, 0.25) is 0 Å². The lowest BCUT2D eigenvalue weighted by Gasteiger charge is -2.42. The first-order chi connectivity index (χ1) is 29.6. The Morgan fingerprint density at radius 3 is 1.61 bits per heavy atom. The van der Waals surface area contributed by atoms with E-state index < -0.39 is 0 Å². The van der Waals surface area contributed by atoms with Crippen LogP contribution in [0.1, 0.15) is 149 Å². The van der Waals surface area contributed by atoms with Gasteiger partial charge in [0.05, 0.1) is 28.1 Å². The molecule has 0 radical (unpaired) electrons. The fourth-order valence-electron chi connectivity index (χ4n) is 10.3. The molecule has 6 aromatic carbocycles. The molecule has 0 saturated carbocycles. The summed E-state index contributed by atoms with van der Waals surface area (Å²) in [5.41, 5.74) is 20.5. The smallest absolute Gasteiger partial charge is 0.145 e. The molecule has 0 fully saturated rings. The SMILES string of the molecule is CC(C)c1cccc(C(C)C)c1-n1c(-c2cccc(-c3cccc(-c4cc(C(C)(C)C)cc(C(C)(C)C)c4O)n3)c2)nc2cc3c(cc21)C1c2ccccc2C3c2ccccc21. The van der Waals surface area contributed by atoms with Crippen molar-refractivity contribution in [2.75, 3.05) is 0 Å². The van der Waals surface area contributed by atoms with E-state index in [9.17, 15) is 5.11 Å². The van der Waals surface area contributed by atoms with E-state index >= 15 is 0 Å². The summed E-state index contributed by atoms with van der Waals surface area (Å²) in [5.74, 6) is 2.14. The summed E-state index contributed by atoms with van der Waals surface area (Å²) in [6.45, 7) is 22.3. The highest BCUT2D eigenvalue weighted by molar-refractivity contribution is 5.88. The number of fused-ring (bicyclic) bond motifs is 1. The van der Waals surface area contributed by atoms with Gasteiger partial charge in [0.15, 0.2) is 0 Å². The summed E-state index contributed by atoms with van der Waals surface area (Å²) in [7, 11) is 0. The van der Waals surface area contributed by atoms with E-state index in [0.717, 1.165) is 50.5 Å². The summed E-state index contributed by atoms with van der Waals surface area (Å²) in [6.07, 6.45) is 0. The molecule has 0 atom stereocenters. The van der Waals surface area contributed by atoms with E-state index in [1.807, 2.05) is 6.07 Å². The first kappa shape index (κ1) is 39.9. The Balaban J connectivity index is 1.19. The Hall–Kier alpha value is -6.26. The average Bonchev–Trinajstić information content (AvgIpc) is 3.62. The highest BCUT2D eigenvalue weighted by Gasteiger charge is 2.42. The molecule has 11 rings (SSSR count). The van der Waals surface area contributed by atoms with Crippen LogP contribution >= 0.6 is 0 Å². The first-order valence-corrected chi connectivity index (χ1v) is 22.4. The predicted molar refractivity (Wildman–Crippen MR) is 257 cm³/mol. The van der Waals surface area contributed by atoms with E-state index in [1.165, 1.54) is 55.8 Å². The van der Waals surface area contributed by atoms with Crippen molar-refractivity contribution in [3.05, 3.63) is 189 Å². The van der Waals surface area contributed by atoms with Crippen molar-refractivity contribution in [3.8, 4) is 45.3 Å². The lowest BCUT2D eigenvalue weighted by atomic mass is 9.61. The summed E-state index contributed by atoms with van der Waals surface area (Å²) < 4.78 is 2.48. The monoisotopic (exact) mass is 811 g/mol. The molecule has 4 heteroatoms.